The fraction of sp³-hybridized carbons (Fsp3) is 0.167. The number of hydrogen-bond donors (Lipinski definition) is 3. The van der Waals surface area contributed by atoms with Crippen molar-refractivity contribution in [2.24, 2.45) is 0 Å². The van der Waals surface area contributed by atoms with Crippen LogP contribution in [0.25, 0.3) is 22.3 Å². The van der Waals surface area contributed by atoms with Gasteiger partial charge in [-0.1, -0.05) is 13.3 Å². The van der Waals surface area contributed by atoms with Gasteiger partial charge in [-0.2, -0.15) is 0 Å². The molecule has 0 radical (unpaired) electrons. The van der Waals surface area contributed by atoms with Crippen molar-refractivity contribution < 1.29 is 19.7 Å². The molecule has 0 aliphatic heterocycles. The van der Waals surface area contributed by atoms with Gasteiger partial charge >= 0.3 is 0 Å². The van der Waals surface area contributed by atoms with Crippen LogP contribution in [-0.2, 0) is 6.42 Å². The molecule has 5 heteroatoms. The highest BCUT2D eigenvalue weighted by atomic mass is 16.3. The molecule has 0 fully saturated rings. The lowest BCUT2D eigenvalue weighted by Gasteiger charge is -2.09. The maximum absolute atomic E-state index is 12.3. The first-order chi connectivity index (χ1) is 11.0. The Bertz CT molecular complexity index is 940. The molecule has 0 saturated carbocycles. The third-order valence-electron chi connectivity index (χ3n) is 3.74. The first-order valence-electron chi connectivity index (χ1n) is 7.32. The van der Waals surface area contributed by atoms with Crippen LogP contribution >= 0.6 is 0 Å². The number of hydrogen-bond acceptors (Lipinski definition) is 5. The van der Waals surface area contributed by atoms with Crippen molar-refractivity contribution in [1.29, 1.82) is 0 Å². The fourth-order valence-electron chi connectivity index (χ4n) is 2.57. The van der Waals surface area contributed by atoms with Crippen molar-refractivity contribution >= 4 is 11.0 Å². The molecule has 0 aliphatic carbocycles. The van der Waals surface area contributed by atoms with Gasteiger partial charge < -0.3 is 19.7 Å². The van der Waals surface area contributed by atoms with E-state index in [2.05, 4.69) is 0 Å². The summed E-state index contributed by atoms with van der Waals surface area (Å²) in [5.74, 6) is -0.190. The highest BCUT2D eigenvalue weighted by molar-refractivity contribution is 5.83. The molecular formula is C18H16O5. The summed E-state index contributed by atoms with van der Waals surface area (Å²) < 4.78 is 5.84. The highest BCUT2D eigenvalue weighted by Crippen LogP contribution is 2.33. The zero-order valence-corrected chi connectivity index (χ0v) is 12.5. The molecule has 3 N–H and O–H groups in total. The summed E-state index contributed by atoms with van der Waals surface area (Å²) in [6, 6.07) is 8.55. The fourth-order valence-corrected chi connectivity index (χ4v) is 2.57. The molecule has 2 aromatic carbocycles. The number of phenols is 3. The van der Waals surface area contributed by atoms with Crippen molar-refractivity contribution in [3.8, 4) is 28.6 Å². The Labute approximate surface area is 132 Å². The summed E-state index contributed by atoms with van der Waals surface area (Å²) >= 11 is 0. The number of aryl methyl sites for hydroxylation is 1. The Kier molecular flexibility index (Phi) is 3.70. The van der Waals surface area contributed by atoms with Gasteiger partial charge in [0.15, 0.2) is 16.9 Å². The minimum Gasteiger partial charge on any atom is -0.508 e. The predicted octanol–water partition coefficient (Wildman–Crippen LogP) is 3.53. The molecule has 0 atom stereocenters. The maximum Gasteiger partial charge on any atom is 0.193 e. The van der Waals surface area contributed by atoms with Gasteiger partial charge in [0, 0.05) is 17.2 Å². The quantitative estimate of drug-likeness (QED) is 0.644. The lowest BCUT2D eigenvalue weighted by Crippen LogP contribution is -2.02. The van der Waals surface area contributed by atoms with E-state index >= 15 is 0 Å². The predicted molar refractivity (Wildman–Crippen MR) is 86.9 cm³/mol. The van der Waals surface area contributed by atoms with E-state index in [1.54, 1.807) is 6.07 Å². The van der Waals surface area contributed by atoms with Crippen LogP contribution in [0.2, 0.25) is 0 Å². The third-order valence-corrected chi connectivity index (χ3v) is 3.74. The number of aromatic hydroxyl groups is 3. The zero-order chi connectivity index (χ0) is 16.6. The largest absolute Gasteiger partial charge is 0.508 e. The minimum absolute atomic E-state index is 0.0909. The van der Waals surface area contributed by atoms with Crippen molar-refractivity contribution in [3.63, 3.8) is 0 Å². The molecule has 3 rings (SSSR count). The summed E-state index contributed by atoms with van der Waals surface area (Å²) in [5.41, 5.74) is 1.17. The van der Waals surface area contributed by atoms with Crippen LogP contribution in [0, 0.1) is 0 Å². The average molecular weight is 312 g/mol. The number of phenolic OH excluding ortho intramolecular Hbond substituents is 3. The van der Waals surface area contributed by atoms with E-state index < -0.39 is 0 Å². The van der Waals surface area contributed by atoms with Gasteiger partial charge in [0.2, 0.25) is 0 Å². The van der Waals surface area contributed by atoms with Gasteiger partial charge in [-0.25, -0.2) is 0 Å². The van der Waals surface area contributed by atoms with Crippen LogP contribution in [0.4, 0.5) is 0 Å². The van der Waals surface area contributed by atoms with Gasteiger partial charge in [-0.05, 0) is 36.8 Å². The van der Waals surface area contributed by atoms with E-state index in [0.717, 1.165) is 6.42 Å². The third kappa shape index (κ3) is 2.61. The van der Waals surface area contributed by atoms with E-state index in [9.17, 15) is 20.1 Å². The van der Waals surface area contributed by atoms with Gasteiger partial charge in [-0.3, -0.25) is 4.79 Å². The van der Waals surface area contributed by atoms with E-state index in [0.29, 0.717) is 28.5 Å². The first-order valence-corrected chi connectivity index (χ1v) is 7.32. The van der Waals surface area contributed by atoms with E-state index in [-0.39, 0.29) is 28.4 Å². The number of benzene rings is 2. The molecule has 3 aromatic rings. The highest BCUT2D eigenvalue weighted by Gasteiger charge is 2.14. The van der Waals surface area contributed by atoms with Gasteiger partial charge in [0.05, 0.1) is 5.39 Å². The second-order valence-electron chi connectivity index (χ2n) is 5.37. The van der Waals surface area contributed by atoms with Crippen molar-refractivity contribution in [1.82, 2.24) is 0 Å². The molecule has 1 heterocycles. The first kappa shape index (κ1) is 15.0. The molecule has 118 valence electrons. The van der Waals surface area contributed by atoms with Gasteiger partial charge in [0.1, 0.15) is 17.1 Å². The molecule has 0 amide bonds. The summed E-state index contributed by atoms with van der Waals surface area (Å²) in [6.45, 7) is 1.97. The second-order valence-corrected chi connectivity index (χ2v) is 5.37. The maximum atomic E-state index is 12.3. The molecule has 0 unspecified atom stereocenters. The van der Waals surface area contributed by atoms with Crippen LogP contribution in [0.15, 0.2) is 45.6 Å². The van der Waals surface area contributed by atoms with Crippen LogP contribution in [0.1, 0.15) is 18.9 Å². The smallest absolute Gasteiger partial charge is 0.193 e. The second kappa shape index (κ2) is 5.68. The summed E-state index contributed by atoms with van der Waals surface area (Å²) in [6.07, 6.45) is 1.37. The monoisotopic (exact) mass is 312 g/mol. The van der Waals surface area contributed by atoms with Crippen molar-refractivity contribution in [2.75, 3.05) is 0 Å². The number of rotatable bonds is 3. The minimum atomic E-state index is -0.296. The zero-order valence-electron chi connectivity index (χ0n) is 12.5. The molecule has 0 aliphatic rings. The Morgan fingerprint density at radius 1 is 0.957 bits per heavy atom. The van der Waals surface area contributed by atoms with Gasteiger partial charge in [0.25, 0.3) is 0 Å². The van der Waals surface area contributed by atoms with E-state index in [1.807, 2.05) is 6.92 Å². The lowest BCUT2D eigenvalue weighted by molar-refractivity contribution is 0.404. The molecule has 0 bridgehead atoms. The van der Waals surface area contributed by atoms with Crippen LogP contribution in [-0.4, -0.2) is 15.3 Å². The topological polar surface area (TPSA) is 90.9 Å². The summed E-state index contributed by atoms with van der Waals surface area (Å²) in [4.78, 5) is 12.3. The van der Waals surface area contributed by atoms with Gasteiger partial charge in [-0.15, -0.1) is 0 Å². The van der Waals surface area contributed by atoms with Crippen molar-refractivity contribution in [2.45, 2.75) is 19.8 Å². The van der Waals surface area contributed by atoms with Crippen LogP contribution in [0.3, 0.4) is 0 Å². The van der Waals surface area contributed by atoms with E-state index in [1.165, 1.54) is 30.3 Å². The Balaban J connectivity index is 2.29. The molecule has 5 nitrogen and oxygen atoms in total. The Morgan fingerprint density at radius 3 is 2.39 bits per heavy atom. The van der Waals surface area contributed by atoms with Crippen LogP contribution in [0.5, 0.6) is 17.2 Å². The normalized spacial score (nSPS) is 11.0. The lowest BCUT2D eigenvalue weighted by atomic mass is 10.0. The molecule has 23 heavy (non-hydrogen) atoms. The van der Waals surface area contributed by atoms with Crippen molar-refractivity contribution in [3.05, 3.63) is 52.2 Å². The molecule has 0 spiro atoms. The Morgan fingerprint density at radius 2 is 1.70 bits per heavy atom. The Hall–Kier alpha value is -2.95. The van der Waals surface area contributed by atoms with Crippen LogP contribution < -0.4 is 5.43 Å². The number of fused-ring (bicyclic) bond motifs is 1. The van der Waals surface area contributed by atoms with E-state index in [4.69, 9.17) is 4.42 Å². The molecule has 1 aromatic heterocycles. The summed E-state index contributed by atoms with van der Waals surface area (Å²) in [7, 11) is 0. The standard InChI is InChI=1S/C18H16O5/c1-2-3-11-13(19)7-5-12-15(21)9-17(23-18(11)12)10-4-6-14(20)16(22)8-10/h4-9,19-20,22H,2-3H2,1H3. The summed E-state index contributed by atoms with van der Waals surface area (Å²) in [5, 5.41) is 29.4. The molecular weight excluding hydrogens is 296 g/mol. The molecule has 0 saturated heterocycles. The average Bonchev–Trinajstić information content (AvgIpc) is 2.52. The SMILES string of the molecule is CCCc1c(O)ccc2c(=O)cc(-c3ccc(O)c(O)c3)oc12.